The Morgan fingerprint density at radius 2 is 1.19 bits per heavy atom. The molecule has 0 atom stereocenters. The van der Waals surface area contributed by atoms with Gasteiger partial charge in [0.25, 0.3) is 0 Å². The van der Waals surface area contributed by atoms with E-state index in [1.54, 1.807) is 0 Å². The van der Waals surface area contributed by atoms with Gasteiger partial charge in [-0.05, 0) is 33.9 Å². The third-order valence-corrected chi connectivity index (χ3v) is 3.95. The van der Waals surface area contributed by atoms with Gasteiger partial charge in [-0.25, -0.2) is 0 Å². The van der Waals surface area contributed by atoms with Gasteiger partial charge in [0.05, 0.1) is 0 Å². The minimum Gasteiger partial charge on any atom is -0.326 e. The van der Waals surface area contributed by atoms with Gasteiger partial charge in [-0.2, -0.15) is 0 Å². The summed E-state index contributed by atoms with van der Waals surface area (Å²) in [4.78, 5) is 0. The van der Waals surface area contributed by atoms with E-state index in [-0.39, 0.29) is 0 Å². The molecule has 0 aliphatic heterocycles. The molecule has 1 nitrogen and oxygen atoms in total. The van der Waals surface area contributed by atoms with Crippen LogP contribution in [-0.2, 0) is 6.54 Å². The van der Waals surface area contributed by atoms with Crippen LogP contribution in [0.2, 0.25) is 5.02 Å². The van der Waals surface area contributed by atoms with Crippen molar-refractivity contribution in [2.45, 2.75) is 6.54 Å². The second-order valence-electron chi connectivity index (χ2n) is 4.95. The Morgan fingerprint density at radius 3 is 1.76 bits per heavy atom. The molecule has 0 spiro atoms. The summed E-state index contributed by atoms with van der Waals surface area (Å²) in [7, 11) is 0. The number of hydrogen-bond acceptors (Lipinski definition) is 1. The third-order valence-electron chi connectivity index (χ3n) is 3.60. The summed E-state index contributed by atoms with van der Waals surface area (Å²) in [6, 6.07) is 24.9. The Labute approximate surface area is 130 Å². The molecule has 0 unspecified atom stereocenters. The average molecular weight is 294 g/mol. The van der Waals surface area contributed by atoms with Gasteiger partial charge in [-0.15, -0.1) is 0 Å². The fourth-order valence-electron chi connectivity index (χ4n) is 2.38. The molecule has 3 aromatic carbocycles. The monoisotopic (exact) mass is 293 g/mol. The second kappa shape index (κ2) is 6.13. The van der Waals surface area contributed by atoms with Crippen LogP contribution >= 0.6 is 11.6 Å². The molecular formula is C19H16ClN. The van der Waals surface area contributed by atoms with E-state index in [1.165, 1.54) is 11.1 Å². The quantitative estimate of drug-likeness (QED) is 0.711. The molecule has 0 amide bonds. The van der Waals surface area contributed by atoms with Gasteiger partial charge < -0.3 is 5.73 Å². The summed E-state index contributed by atoms with van der Waals surface area (Å²) in [5, 5.41) is 0.724. The Bertz CT molecular complexity index is 733. The number of rotatable bonds is 3. The summed E-state index contributed by atoms with van der Waals surface area (Å²) >= 11 is 6.23. The van der Waals surface area contributed by atoms with Gasteiger partial charge in [0.1, 0.15) is 0 Å². The van der Waals surface area contributed by atoms with Crippen LogP contribution in [0.1, 0.15) is 5.56 Å². The molecule has 0 aromatic heterocycles. The lowest BCUT2D eigenvalue weighted by Crippen LogP contribution is -1.96. The van der Waals surface area contributed by atoms with Gasteiger partial charge in [0.15, 0.2) is 0 Å². The Morgan fingerprint density at radius 1 is 0.667 bits per heavy atom. The molecule has 0 saturated heterocycles. The largest absolute Gasteiger partial charge is 0.326 e. The maximum Gasteiger partial charge on any atom is 0.0457 e. The minimum atomic E-state index is 0.464. The third kappa shape index (κ3) is 2.99. The van der Waals surface area contributed by atoms with E-state index < -0.39 is 0 Å². The zero-order valence-electron chi connectivity index (χ0n) is 11.6. The molecule has 0 heterocycles. The molecule has 0 saturated carbocycles. The number of nitrogens with two attached hydrogens (primary N) is 1. The average Bonchev–Trinajstić information content (AvgIpc) is 2.56. The molecule has 104 valence electrons. The van der Waals surface area contributed by atoms with Crippen molar-refractivity contribution < 1.29 is 0 Å². The maximum absolute atomic E-state index is 6.23. The zero-order chi connectivity index (χ0) is 14.7. The van der Waals surface area contributed by atoms with Crippen LogP contribution in [0.4, 0.5) is 0 Å². The normalized spacial score (nSPS) is 10.6. The van der Waals surface area contributed by atoms with Crippen molar-refractivity contribution >= 4 is 11.6 Å². The van der Waals surface area contributed by atoms with Crippen LogP contribution in [0, 0.1) is 0 Å². The highest BCUT2D eigenvalue weighted by Gasteiger charge is 2.03. The SMILES string of the molecule is NCc1ccc(-c2ccc(-c3ccccc3)cc2)cc1Cl. The van der Waals surface area contributed by atoms with Crippen molar-refractivity contribution in [3.63, 3.8) is 0 Å². The summed E-state index contributed by atoms with van der Waals surface area (Å²) in [6.07, 6.45) is 0. The van der Waals surface area contributed by atoms with Crippen molar-refractivity contribution in [3.8, 4) is 22.3 Å². The predicted molar refractivity (Wildman–Crippen MR) is 90.2 cm³/mol. The van der Waals surface area contributed by atoms with Gasteiger partial charge in [0.2, 0.25) is 0 Å². The molecule has 0 bridgehead atoms. The fourth-order valence-corrected chi connectivity index (χ4v) is 2.64. The van der Waals surface area contributed by atoms with Crippen molar-refractivity contribution in [1.82, 2.24) is 0 Å². The molecule has 0 aliphatic rings. The molecule has 0 aliphatic carbocycles. The zero-order valence-corrected chi connectivity index (χ0v) is 12.3. The fraction of sp³-hybridized carbons (Fsp3) is 0.0526. The van der Waals surface area contributed by atoms with Crippen LogP contribution in [0.5, 0.6) is 0 Å². The first kappa shape index (κ1) is 13.9. The smallest absolute Gasteiger partial charge is 0.0457 e. The van der Waals surface area contributed by atoms with Crippen molar-refractivity contribution in [2.75, 3.05) is 0 Å². The molecule has 21 heavy (non-hydrogen) atoms. The van der Waals surface area contributed by atoms with Crippen molar-refractivity contribution in [3.05, 3.63) is 83.4 Å². The Balaban J connectivity index is 1.92. The van der Waals surface area contributed by atoms with Crippen LogP contribution in [-0.4, -0.2) is 0 Å². The van der Waals surface area contributed by atoms with E-state index in [9.17, 15) is 0 Å². The molecule has 3 rings (SSSR count). The highest BCUT2D eigenvalue weighted by molar-refractivity contribution is 6.31. The van der Waals surface area contributed by atoms with Gasteiger partial charge in [-0.3, -0.25) is 0 Å². The first-order valence-corrected chi connectivity index (χ1v) is 7.30. The summed E-state index contributed by atoms with van der Waals surface area (Å²) < 4.78 is 0. The first-order valence-electron chi connectivity index (χ1n) is 6.92. The summed E-state index contributed by atoms with van der Waals surface area (Å²) in [5.74, 6) is 0. The lowest BCUT2D eigenvalue weighted by atomic mass is 9.99. The molecule has 0 fully saturated rings. The van der Waals surface area contributed by atoms with Crippen LogP contribution in [0.15, 0.2) is 72.8 Å². The van der Waals surface area contributed by atoms with Gasteiger partial charge in [0, 0.05) is 11.6 Å². The van der Waals surface area contributed by atoms with Gasteiger partial charge >= 0.3 is 0 Å². The molecule has 2 heteroatoms. The standard InChI is InChI=1S/C19H16ClN/c20-19-12-17(10-11-18(19)13-21)16-8-6-15(7-9-16)14-4-2-1-3-5-14/h1-12H,13,21H2. The van der Waals surface area contributed by atoms with Crippen molar-refractivity contribution in [2.24, 2.45) is 5.73 Å². The molecular weight excluding hydrogens is 278 g/mol. The van der Waals surface area contributed by atoms with Crippen molar-refractivity contribution in [1.29, 1.82) is 0 Å². The van der Waals surface area contributed by atoms with E-state index in [2.05, 4.69) is 54.6 Å². The van der Waals surface area contributed by atoms with Crippen LogP contribution in [0.3, 0.4) is 0 Å². The highest BCUT2D eigenvalue weighted by atomic mass is 35.5. The predicted octanol–water partition coefficient (Wildman–Crippen LogP) is 5.13. The molecule has 2 N–H and O–H groups in total. The molecule has 3 aromatic rings. The topological polar surface area (TPSA) is 26.0 Å². The molecule has 0 radical (unpaired) electrons. The summed E-state index contributed by atoms with van der Waals surface area (Å²) in [6.45, 7) is 0.464. The number of halogens is 1. The first-order chi connectivity index (χ1) is 10.3. The van der Waals surface area contributed by atoms with E-state index >= 15 is 0 Å². The second-order valence-corrected chi connectivity index (χ2v) is 5.36. The number of benzene rings is 3. The van der Waals surface area contributed by atoms with Gasteiger partial charge in [-0.1, -0.05) is 78.3 Å². The minimum absolute atomic E-state index is 0.464. The Kier molecular flexibility index (Phi) is 4.05. The van der Waals surface area contributed by atoms with E-state index in [4.69, 9.17) is 17.3 Å². The van der Waals surface area contributed by atoms with Crippen LogP contribution < -0.4 is 5.73 Å². The highest BCUT2D eigenvalue weighted by Crippen LogP contribution is 2.28. The summed E-state index contributed by atoms with van der Waals surface area (Å²) in [5.41, 5.74) is 11.3. The lowest BCUT2D eigenvalue weighted by molar-refractivity contribution is 1.07. The Hall–Kier alpha value is -2.09. The number of hydrogen-bond donors (Lipinski definition) is 1. The van der Waals surface area contributed by atoms with E-state index in [0.717, 1.165) is 21.7 Å². The van der Waals surface area contributed by atoms with E-state index in [0.29, 0.717) is 6.54 Å². The van der Waals surface area contributed by atoms with Crippen LogP contribution in [0.25, 0.3) is 22.3 Å². The maximum atomic E-state index is 6.23. The van der Waals surface area contributed by atoms with E-state index in [1.807, 2.05) is 18.2 Å². The lowest BCUT2D eigenvalue weighted by Gasteiger charge is -2.07.